The minimum Gasteiger partial charge on any atom is -0.459 e. The lowest BCUT2D eigenvalue weighted by molar-refractivity contribution is 0.0378. The van der Waals surface area contributed by atoms with Crippen molar-refractivity contribution in [2.75, 3.05) is 0 Å². The van der Waals surface area contributed by atoms with Crippen LogP contribution in [0.2, 0.25) is 0 Å². The summed E-state index contributed by atoms with van der Waals surface area (Å²) < 4.78 is 6.97. The normalized spacial score (nSPS) is 11.1. The van der Waals surface area contributed by atoms with Crippen molar-refractivity contribution in [1.82, 2.24) is 14.6 Å². The van der Waals surface area contributed by atoms with Gasteiger partial charge in [0, 0.05) is 17.3 Å². The molecule has 0 spiro atoms. The smallest absolute Gasteiger partial charge is 0.338 e. The number of aryl methyl sites for hydroxylation is 1. The van der Waals surface area contributed by atoms with Crippen LogP contribution in [-0.4, -0.2) is 26.7 Å². The molecule has 1 aromatic carbocycles. The first-order valence-electron chi connectivity index (χ1n) is 7.73. The van der Waals surface area contributed by atoms with Gasteiger partial charge >= 0.3 is 5.97 Å². The Morgan fingerprint density at radius 3 is 2.61 bits per heavy atom. The first-order chi connectivity index (χ1) is 11.1. The van der Waals surface area contributed by atoms with Gasteiger partial charge in [-0.05, 0) is 38.5 Å². The van der Waals surface area contributed by atoms with Crippen molar-refractivity contribution in [3.05, 3.63) is 53.9 Å². The molecule has 0 saturated heterocycles. The maximum atomic E-state index is 11.9. The molecule has 5 heteroatoms. The van der Waals surface area contributed by atoms with Crippen LogP contribution in [0, 0.1) is 0 Å². The maximum absolute atomic E-state index is 11.9. The Bertz CT molecular complexity index is 835. The molecule has 0 radical (unpaired) electrons. The van der Waals surface area contributed by atoms with Crippen LogP contribution >= 0.6 is 0 Å². The highest BCUT2D eigenvalue weighted by molar-refractivity contribution is 5.90. The first-order valence-corrected chi connectivity index (χ1v) is 7.73. The number of ether oxygens (including phenoxy) is 1. The molecule has 0 N–H and O–H groups in total. The van der Waals surface area contributed by atoms with Gasteiger partial charge in [-0.25, -0.2) is 14.3 Å². The van der Waals surface area contributed by atoms with Crippen LogP contribution < -0.4 is 0 Å². The van der Waals surface area contributed by atoms with E-state index < -0.39 is 0 Å². The standard InChI is InChI=1S/C18H19N3O2/c1-4-13-11-19-21-10-9-16(20-17(13)21)14-5-7-15(8-6-14)18(22)23-12(2)3/h5-12H,4H2,1-3H3. The summed E-state index contributed by atoms with van der Waals surface area (Å²) in [6.45, 7) is 5.76. The number of esters is 1. The third-order valence-corrected chi connectivity index (χ3v) is 3.58. The lowest BCUT2D eigenvalue weighted by Gasteiger charge is -2.08. The number of rotatable bonds is 4. The number of benzene rings is 1. The highest BCUT2D eigenvalue weighted by atomic mass is 16.5. The quantitative estimate of drug-likeness (QED) is 0.692. The molecule has 0 aliphatic carbocycles. The van der Waals surface area contributed by atoms with Crippen LogP contribution in [0.3, 0.4) is 0 Å². The van der Waals surface area contributed by atoms with Gasteiger partial charge in [0.1, 0.15) is 0 Å². The Hall–Kier alpha value is -2.69. The molecule has 118 valence electrons. The molecule has 0 amide bonds. The average Bonchev–Trinajstić information content (AvgIpc) is 2.96. The summed E-state index contributed by atoms with van der Waals surface area (Å²) in [6, 6.07) is 9.22. The molecule has 3 rings (SSSR count). The molecule has 0 unspecified atom stereocenters. The monoisotopic (exact) mass is 309 g/mol. The van der Waals surface area contributed by atoms with E-state index in [0.29, 0.717) is 5.56 Å². The van der Waals surface area contributed by atoms with Gasteiger partial charge in [-0.1, -0.05) is 19.1 Å². The lowest BCUT2D eigenvalue weighted by atomic mass is 10.1. The molecule has 5 nitrogen and oxygen atoms in total. The van der Waals surface area contributed by atoms with Gasteiger partial charge in [-0.2, -0.15) is 5.10 Å². The van der Waals surface area contributed by atoms with Crippen molar-refractivity contribution in [1.29, 1.82) is 0 Å². The topological polar surface area (TPSA) is 56.5 Å². The number of hydrogen-bond donors (Lipinski definition) is 0. The second-order valence-corrected chi connectivity index (χ2v) is 5.64. The molecule has 2 heterocycles. The van der Waals surface area contributed by atoms with Gasteiger partial charge in [0.2, 0.25) is 0 Å². The van der Waals surface area contributed by atoms with E-state index >= 15 is 0 Å². The molecule has 0 aliphatic rings. The van der Waals surface area contributed by atoms with Gasteiger partial charge in [-0.3, -0.25) is 0 Å². The summed E-state index contributed by atoms with van der Waals surface area (Å²) in [5.74, 6) is -0.306. The molecule has 23 heavy (non-hydrogen) atoms. The fraction of sp³-hybridized carbons (Fsp3) is 0.278. The summed E-state index contributed by atoms with van der Waals surface area (Å²) in [7, 11) is 0. The van der Waals surface area contributed by atoms with Crippen molar-refractivity contribution < 1.29 is 9.53 Å². The minimum atomic E-state index is -0.306. The van der Waals surface area contributed by atoms with E-state index in [1.807, 2.05) is 44.4 Å². The predicted molar refractivity (Wildman–Crippen MR) is 88.4 cm³/mol. The van der Waals surface area contributed by atoms with Crippen LogP contribution in [0.5, 0.6) is 0 Å². The van der Waals surface area contributed by atoms with E-state index in [2.05, 4.69) is 17.0 Å². The zero-order valence-electron chi connectivity index (χ0n) is 13.5. The predicted octanol–water partition coefficient (Wildman–Crippen LogP) is 3.52. The fourth-order valence-corrected chi connectivity index (χ4v) is 2.39. The van der Waals surface area contributed by atoms with Crippen LogP contribution in [0.1, 0.15) is 36.7 Å². The van der Waals surface area contributed by atoms with Gasteiger partial charge in [0.05, 0.1) is 23.6 Å². The molecular formula is C18H19N3O2. The summed E-state index contributed by atoms with van der Waals surface area (Å²) in [5, 5.41) is 4.28. The summed E-state index contributed by atoms with van der Waals surface area (Å²) in [6.07, 6.45) is 4.51. The van der Waals surface area contributed by atoms with Gasteiger partial charge < -0.3 is 4.74 Å². The van der Waals surface area contributed by atoms with E-state index in [9.17, 15) is 4.79 Å². The van der Waals surface area contributed by atoms with Crippen molar-refractivity contribution >= 4 is 11.6 Å². The number of hydrogen-bond acceptors (Lipinski definition) is 4. The van der Waals surface area contributed by atoms with E-state index in [1.165, 1.54) is 0 Å². The largest absolute Gasteiger partial charge is 0.459 e. The Morgan fingerprint density at radius 2 is 1.96 bits per heavy atom. The fourth-order valence-electron chi connectivity index (χ4n) is 2.39. The minimum absolute atomic E-state index is 0.124. The number of carbonyl (C=O) groups is 1. The molecule has 3 aromatic rings. The first kappa shape index (κ1) is 15.2. The third kappa shape index (κ3) is 3.08. The summed E-state index contributed by atoms with van der Waals surface area (Å²) in [4.78, 5) is 16.6. The Balaban J connectivity index is 1.91. The van der Waals surface area contributed by atoms with E-state index in [1.54, 1.807) is 16.6 Å². The lowest BCUT2D eigenvalue weighted by Crippen LogP contribution is -2.11. The second-order valence-electron chi connectivity index (χ2n) is 5.64. The van der Waals surface area contributed by atoms with Crippen molar-refractivity contribution in [3.8, 4) is 11.3 Å². The van der Waals surface area contributed by atoms with Gasteiger partial charge in [0.15, 0.2) is 5.65 Å². The van der Waals surface area contributed by atoms with Crippen LogP contribution in [-0.2, 0) is 11.2 Å². The number of fused-ring (bicyclic) bond motifs is 1. The molecular weight excluding hydrogens is 290 g/mol. The maximum Gasteiger partial charge on any atom is 0.338 e. The molecule has 0 saturated carbocycles. The van der Waals surface area contributed by atoms with E-state index in [4.69, 9.17) is 4.74 Å². The highest BCUT2D eigenvalue weighted by Crippen LogP contribution is 2.20. The Morgan fingerprint density at radius 1 is 1.22 bits per heavy atom. The third-order valence-electron chi connectivity index (χ3n) is 3.58. The molecule has 0 aliphatic heterocycles. The van der Waals surface area contributed by atoms with Crippen molar-refractivity contribution in [3.63, 3.8) is 0 Å². The van der Waals surface area contributed by atoms with Gasteiger partial charge in [-0.15, -0.1) is 0 Å². The molecule has 2 aromatic heterocycles. The van der Waals surface area contributed by atoms with Gasteiger partial charge in [0.25, 0.3) is 0 Å². The molecule has 0 atom stereocenters. The SMILES string of the molecule is CCc1cnn2ccc(-c3ccc(C(=O)OC(C)C)cc3)nc12. The van der Waals surface area contributed by atoms with E-state index in [0.717, 1.165) is 28.9 Å². The Kier molecular flexibility index (Phi) is 4.10. The second kappa shape index (κ2) is 6.20. The zero-order valence-corrected chi connectivity index (χ0v) is 13.5. The number of carbonyl (C=O) groups excluding carboxylic acids is 1. The number of aromatic nitrogens is 3. The van der Waals surface area contributed by atoms with Crippen molar-refractivity contribution in [2.24, 2.45) is 0 Å². The van der Waals surface area contributed by atoms with Crippen LogP contribution in [0.25, 0.3) is 16.9 Å². The highest BCUT2D eigenvalue weighted by Gasteiger charge is 2.10. The summed E-state index contributed by atoms with van der Waals surface area (Å²) in [5.41, 5.74) is 4.34. The molecule has 0 bridgehead atoms. The van der Waals surface area contributed by atoms with E-state index in [-0.39, 0.29) is 12.1 Å². The number of nitrogens with zero attached hydrogens (tertiary/aromatic N) is 3. The van der Waals surface area contributed by atoms with Crippen molar-refractivity contribution in [2.45, 2.75) is 33.3 Å². The van der Waals surface area contributed by atoms with Crippen LogP contribution in [0.15, 0.2) is 42.7 Å². The Labute approximate surface area is 134 Å². The summed E-state index contributed by atoms with van der Waals surface area (Å²) >= 11 is 0. The molecule has 0 fully saturated rings. The average molecular weight is 309 g/mol. The zero-order chi connectivity index (χ0) is 16.4. The van der Waals surface area contributed by atoms with Crippen LogP contribution in [0.4, 0.5) is 0 Å².